The summed E-state index contributed by atoms with van der Waals surface area (Å²) < 4.78 is 11.9. The van der Waals surface area contributed by atoms with Crippen LogP contribution >= 0.6 is 0 Å². The molecule has 0 aliphatic heterocycles. The molecule has 164 valence electrons. The minimum absolute atomic E-state index is 0.607. The van der Waals surface area contributed by atoms with Crippen molar-refractivity contribution >= 4 is 5.97 Å². The van der Waals surface area contributed by atoms with E-state index in [1.807, 2.05) is 6.92 Å². The van der Waals surface area contributed by atoms with Crippen molar-refractivity contribution in [3.63, 3.8) is 0 Å². The van der Waals surface area contributed by atoms with Crippen molar-refractivity contribution in [2.75, 3.05) is 6.61 Å². The quantitative estimate of drug-likeness (QED) is 0.530. The molecule has 4 rings (SSSR count). The minimum atomic E-state index is -0.833. The van der Waals surface area contributed by atoms with Crippen LogP contribution in [-0.2, 0) is 24.1 Å². The van der Waals surface area contributed by atoms with Crippen LogP contribution in [0.15, 0.2) is 46.9 Å². The Balaban J connectivity index is 0.000000628. The van der Waals surface area contributed by atoms with E-state index in [-0.39, 0.29) is 0 Å². The number of benzene rings is 2. The third-order valence-electron chi connectivity index (χ3n) is 5.60. The molecule has 1 heterocycles. The van der Waals surface area contributed by atoms with Gasteiger partial charge in [0.05, 0.1) is 12.3 Å². The highest BCUT2D eigenvalue weighted by Gasteiger charge is 2.18. The molecule has 1 aromatic heterocycles. The summed E-state index contributed by atoms with van der Waals surface area (Å²) in [6.07, 6.45) is 4.19. The Hall–Kier alpha value is -3.08. The molecule has 1 aliphatic carbocycles. The molecule has 1 N–H and O–H groups in total. The van der Waals surface area contributed by atoms with E-state index in [4.69, 9.17) is 19.1 Å². The van der Waals surface area contributed by atoms with Crippen LogP contribution in [0.1, 0.15) is 61.3 Å². The Morgan fingerprint density at radius 1 is 1.23 bits per heavy atom. The van der Waals surface area contributed by atoms with Crippen LogP contribution in [0.5, 0.6) is 5.75 Å². The van der Waals surface area contributed by atoms with Crippen LogP contribution in [-0.4, -0.2) is 22.7 Å². The van der Waals surface area contributed by atoms with Crippen LogP contribution in [0.4, 0.5) is 0 Å². The van der Waals surface area contributed by atoms with Gasteiger partial charge in [0.25, 0.3) is 5.97 Å². The van der Waals surface area contributed by atoms with Gasteiger partial charge < -0.3 is 14.3 Å². The summed E-state index contributed by atoms with van der Waals surface area (Å²) in [6, 6.07) is 14.9. The molecule has 0 amide bonds. The van der Waals surface area contributed by atoms with Gasteiger partial charge in [-0.1, -0.05) is 32.0 Å². The van der Waals surface area contributed by atoms with E-state index in [0.29, 0.717) is 18.4 Å². The largest absolute Gasteiger partial charge is 0.493 e. The highest BCUT2D eigenvalue weighted by atomic mass is 16.5. The summed E-state index contributed by atoms with van der Waals surface area (Å²) >= 11 is 0. The predicted octanol–water partition coefficient (Wildman–Crippen LogP) is 5.97. The number of aryl methyl sites for hydroxylation is 3. The van der Waals surface area contributed by atoms with Gasteiger partial charge in [0.2, 0.25) is 5.89 Å². The van der Waals surface area contributed by atoms with E-state index in [1.54, 1.807) is 0 Å². The van der Waals surface area contributed by atoms with Gasteiger partial charge in [-0.15, -0.1) is 0 Å². The van der Waals surface area contributed by atoms with Crippen molar-refractivity contribution in [2.24, 2.45) is 0 Å². The number of nitrogens with zero attached hydrogens (tertiary/aromatic N) is 1. The van der Waals surface area contributed by atoms with Gasteiger partial charge in [-0.05, 0) is 73.1 Å². The third-order valence-corrected chi connectivity index (χ3v) is 5.60. The number of rotatable bonds is 6. The number of ether oxygens (including phenoxy) is 1. The lowest BCUT2D eigenvalue weighted by Crippen LogP contribution is -2.03. The van der Waals surface area contributed by atoms with Crippen molar-refractivity contribution in [3.8, 4) is 17.2 Å². The second-order valence-electron chi connectivity index (χ2n) is 7.99. The average Bonchev–Trinajstić information content (AvgIpc) is 3.30. The molecule has 2 aromatic carbocycles. The highest BCUT2D eigenvalue weighted by Crippen LogP contribution is 2.34. The molecule has 3 aromatic rings. The van der Waals surface area contributed by atoms with Crippen molar-refractivity contribution in [2.45, 2.75) is 59.3 Å². The molecular weight excluding hydrogens is 390 g/mol. The van der Waals surface area contributed by atoms with Gasteiger partial charge in [0.15, 0.2) is 0 Å². The third kappa shape index (κ3) is 5.97. The normalized spacial score (nSPS) is 14.5. The van der Waals surface area contributed by atoms with Gasteiger partial charge in [-0.3, -0.25) is 4.79 Å². The Morgan fingerprint density at radius 2 is 1.94 bits per heavy atom. The van der Waals surface area contributed by atoms with E-state index in [0.717, 1.165) is 49.0 Å². The fourth-order valence-corrected chi connectivity index (χ4v) is 3.83. The van der Waals surface area contributed by atoms with Gasteiger partial charge >= 0.3 is 0 Å². The molecule has 1 unspecified atom stereocenters. The van der Waals surface area contributed by atoms with Crippen LogP contribution in [0.3, 0.4) is 0 Å². The van der Waals surface area contributed by atoms with E-state index < -0.39 is 5.97 Å². The van der Waals surface area contributed by atoms with Crippen molar-refractivity contribution in [1.29, 1.82) is 0 Å². The van der Waals surface area contributed by atoms with E-state index in [2.05, 4.69) is 61.3 Å². The first kappa shape index (κ1) is 22.6. The number of hydrogen-bond donors (Lipinski definition) is 1. The number of carbonyl (C=O) groups is 1. The fourth-order valence-electron chi connectivity index (χ4n) is 3.83. The molecule has 0 fully saturated rings. The SMILES string of the molecule is CC(=O)O.CCc1ccc(-c2nc(CCOc3ccc4c(c3)CCC4C)c(C)o2)cc1. The van der Waals surface area contributed by atoms with E-state index in [9.17, 15) is 0 Å². The Kier molecular flexibility index (Phi) is 7.50. The predicted molar refractivity (Wildman–Crippen MR) is 122 cm³/mol. The first-order valence-corrected chi connectivity index (χ1v) is 10.9. The summed E-state index contributed by atoms with van der Waals surface area (Å²) in [5, 5.41) is 7.42. The van der Waals surface area contributed by atoms with Crippen LogP contribution in [0.25, 0.3) is 11.5 Å². The topological polar surface area (TPSA) is 72.6 Å². The maximum absolute atomic E-state index is 9.00. The molecule has 1 aliphatic rings. The van der Waals surface area contributed by atoms with Crippen molar-refractivity contribution < 1.29 is 19.1 Å². The first-order valence-electron chi connectivity index (χ1n) is 10.9. The zero-order valence-electron chi connectivity index (χ0n) is 18.8. The molecule has 0 radical (unpaired) electrons. The lowest BCUT2D eigenvalue weighted by molar-refractivity contribution is -0.134. The second-order valence-corrected chi connectivity index (χ2v) is 7.99. The lowest BCUT2D eigenvalue weighted by Gasteiger charge is -2.09. The number of carboxylic acid groups (broad SMARTS) is 1. The fraction of sp³-hybridized carbons (Fsp3) is 0.385. The monoisotopic (exact) mass is 421 g/mol. The van der Waals surface area contributed by atoms with E-state index in [1.165, 1.54) is 23.1 Å². The highest BCUT2D eigenvalue weighted by molar-refractivity contribution is 5.63. The lowest BCUT2D eigenvalue weighted by atomic mass is 10.0. The molecule has 31 heavy (non-hydrogen) atoms. The smallest absolute Gasteiger partial charge is 0.300 e. The molecule has 0 saturated heterocycles. The van der Waals surface area contributed by atoms with Crippen LogP contribution < -0.4 is 4.74 Å². The standard InChI is InChI=1S/C24H27NO2.C2H4O2/c1-4-18-6-9-19(10-7-18)24-25-23(17(3)27-24)13-14-26-21-11-12-22-16(2)5-8-20(22)15-21;1-2(3)4/h6-7,9-12,15-16H,4-5,8,13-14H2,1-3H3;1H3,(H,3,4). The average molecular weight is 422 g/mol. The summed E-state index contributed by atoms with van der Waals surface area (Å²) in [4.78, 5) is 13.7. The van der Waals surface area contributed by atoms with Gasteiger partial charge in [0, 0.05) is 18.9 Å². The van der Waals surface area contributed by atoms with Crippen LogP contribution in [0, 0.1) is 6.92 Å². The summed E-state index contributed by atoms with van der Waals surface area (Å²) in [6.45, 7) is 8.12. The molecule has 0 spiro atoms. The van der Waals surface area contributed by atoms with Crippen LogP contribution in [0.2, 0.25) is 0 Å². The minimum Gasteiger partial charge on any atom is -0.493 e. The first-order chi connectivity index (χ1) is 14.9. The Morgan fingerprint density at radius 3 is 2.61 bits per heavy atom. The molecule has 0 saturated carbocycles. The molecular formula is C26H31NO4. The Labute approximate surface area is 184 Å². The summed E-state index contributed by atoms with van der Waals surface area (Å²) in [7, 11) is 0. The molecule has 0 bridgehead atoms. The maximum atomic E-state index is 9.00. The van der Waals surface area contributed by atoms with Gasteiger partial charge in [-0.2, -0.15) is 0 Å². The number of carboxylic acids is 1. The zero-order valence-corrected chi connectivity index (χ0v) is 18.8. The number of hydrogen-bond acceptors (Lipinski definition) is 4. The summed E-state index contributed by atoms with van der Waals surface area (Å²) in [5.41, 5.74) is 6.23. The van der Waals surface area contributed by atoms with E-state index >= 15 is 0 Å². The van der Waals surface area contributed by atoms with Crippen molar-refractivity contribution in [1.82, 2.24) is 4.98 Å². The number of oxazole rings is 1. The number of aromatic nitrogens is 1. The van der Waals surface area contributed by atoms with Gasteiger partial charge in [0.1, 0.15) is 11.5 Å². The molecule has 5 nitrogen and oxygen atoms in total. The van der Waals surface area contributed by atoms with Crippen molar-refractivity contribution in [3.05, 3.63) is 70.6 Å². The number of fused-ring (bicyclic) bond motifs is 1. The van der Waals surface area contributed by atoms with Gasteiger partial charge in [-0.25, -0.2) is 4.98 Å². The molecule has 1 atom stereocenters. The number of aliphatic carboxylic acids is 1. The molecule has 5 heteroatoms. The zero-order chi connectivity index (χ0) is 22.4. The summed E-state index contributed by atoms with van der Waals surface area (Å²) in [5.74, 6) is 2.36. The maximum Gasteiger partial charge on any atom is 0.300 e. The second kappa shape index (κ2) is 10.3. The Bertz CT molecular complexity index is 1020.